The zero-order valence-electron chi connectivity index (χ0n) is 10.6. The zero-order valence-corrected chi connectivity index (χ0v) is 11.5. The SMILES string of the molecule is C=CCNc1nc(C(=O)OCc2cccc(F)c2)cs1. The van der Waals surface area contributed by atoms with Crippen molar-refractivity contribution in [2.45, 2.75) is 6.61 Å². The lowest BCUT2D eigenvalue weighted by Crippen LogP contribution is -2.06. The molecule has 0 aliphatic heterocycles. The predicted octanol–water partition coefficient (Wildman–Crippen LogP) is 3.24. The number of hydrogen-bond donors (Lipinski definition) is 1. The van der Waals surface area contributed by atoms with Gasteiger partial charge in [0.05, 0.1) is 0 Å². The van der Waals surface area contributed by atoms with E-state index in [0.717, 1.165) is 0 Å². The van der Waals surface area contributed by atoms with Gasteiger partial charge in [-0.05, 0) is 17.7 Å². The Morgan fingerprint density at radius 1 is 1.55 bits per heavy atom. The molecule has 0 fully saturated rings. The van der Waals surface area contributed by atoms with Gasteiger partial charge in [-0.25, -0.2) is 14.2 Å². The van der Waals surface area contributed by atoms with E-state index in [1.165, 1.54) is 23.5 Å². The van der Waals surface area contributed by atoms with Gasteiger partial charge in [0.2, 0.25) is 0 Å². The summed E-state index contributed by atoms with van der Waals surface area (Å²) < 4.78 is 18.0. The van der Waals surface area contributed by atoms with Crippen LogP contribution in [-0.2, 0) is 11.3 Å². The number of halogens is 1. The molecule has 1 N–H and O–H groups in total. The highest BCUT2D eigenvalue weighted by Gasteiger charge is 2.12. The van der Waals surface area contributed by atoms with Crippen LogP contribution in [0, 0.1) is 5.82 Å². The quantitative estimate of drug-likeness (QED) is 0.656. The van der Waals surface area contributed by atoms with Crippen molar-refractivity contribution in [3.8, 4) is 0 Å². The number of rotatable bonds is 6. The fourth-order valence-corrected chi connectivity index (χ4v) is 2.15. The third-order valence-corrected chi connectivity index (χ3v) is 3.17. The minimum Gasteiger partial charge on any atom is -0.456 e. The number of aromatic nitrogens is 1. The lowest BCUT2D eigenvalue weighted by atomic mass is 10.2. The number of benzene rings is 1. The van der Waals surface area contributed by atoms with E-state index in [1.807, 2.05) is 0 Å². The van der Waals surface area contributed by atoms with Gasteiger partial charge >= 0.3 is 5.97 Å². The average molecular weight is 292 g/mol. The highest BCUT2D eigenvalue weighted by molar-refractivity contribution is 7.13. The van der Waals surface area contributed by atoms with E-state index in [9.17, 15) is 9.18 Å². The number of nitrogens with zero attached hydrogens (tertiary/aromatic N) is 1. The number of carbonyl (C=O) groups excluding carboxylic acids is 1. The number of hydrogen-bond acceptors (Lipinski definition) is 5. The standard InChI is InChI=1S/C14H13FN2O2S/c1-2-6-16-14-17-12(9-20-14)13(18)19-8-10-4-3-5-11(15)7-10/h2-5,7,9H,1,6,8H2,(H,16,17). The van der Waals surface area contributed by atoms with Crippen molar-refractivity contribution in [2.75, 3.05) is 11.9 Å². The highest BCUT2D eigenvalue weighted by Crippen LogP contribution is 2.16. The third-order valence-electron chi connectivity index (χ3n) is 2.37. The van der Waals surface area contributed by atoms with Crippen LogP contribution < -0.4 is 5.32 Å². The summed E-state index contributed by atoms with van der Waals surface area (Å²) >= 11 is 1.31. The molecule has 0 aliphatic rings. The second kappa shape index (κ2) is 6.81. The number of ether oxygens (including phenoxy) is 1. The normalized spacial score (nSPS) is 10.1. The van der Waals surface area contributed by atoms with Crippen molar-refractivity contribution in [3.05, 3.63) is 59.4 Å². The van der Waals surface area contributed by atoms with Crippen LogP contribution in [0.25, 0.3) is 0 Å². The van der Waals surface area contributed by atoms with E-state index in [0.29, 0.717) is 17.2 Å². The van der Waals surface area contributed by atoms with E-state index < -0.39 is 5.97 Å². The van der Waals surface area contributed by atoms with Crippen molar-refractivity contribution in [2.24, 2.45) is 0 Å². The summed E-state index contributed by atoms with van der Waals surface area (Å²) in [5, 5.41) is 5.22. The van der Waals surface area contributed by atoms with Gasteiger partial charge in [0.1, 0.15) is 12.4 Å². The maximum Gasteiger partial charge on any atom is 0.358 e. The molecule has 0 atom stereocenters. The first-order chi connectivity index (χ1) is 9.69. The second-order valence-corrected chi connectivity index (χ2v) is 4.77. The van der Waals surface area contributed by atoms with Gasteiger partial charge in [-0.15, -0.1) is 17.9 Å². The fraction of sp³-hybridized carbons (Fsp3) is 0.143. The Morgan fingerprint density at radius 3 is 3.15 bits per heavy atom. The first-order valence-electron chi connectivity index (χ1n) is 5.91. The van der Waals surface area contributed by atoms with Crippen molar-refractivity contribution in [1.29, 1.82) is 0 Å². The number of thiazole rings is 1. The van der Waals surface area contributed by atoms with Crippen molar-refractivity contribution in [1.82, 2.24) is 4.98 Å². The van der Waals surface area contributed by atoms with E-state index in [4.69, 9.17) is 4.74 Å². The van der Waals surface area contributed by atoms with Gasteiger partial charge in [0, 0.05) is 11.9 Å². The molecule has 1 heterocycles. The molecule has 0 saturated heterocycles. The van der Waals surface area contributed by atoms with Gasteiger partial charge in [0.25, 0.3) is 0 Å². The average Bonchev–Trinajstić information content (AvgIpc) is 2.91. The minimum atomic E-state index is -0.530. The smallest absolute Gasteiger partial charge is 0.358 e. The third kappa shape index (κ3) is 3.89. The summed E-state index contributed by atoms with van der Waals surface area (Å²) in [5.41, 5.74) is 0.830. The molecule has 104 valence electrons. The molecule has 0 bridgehead atoms. The predicted molar refractivity (Wildman–Crippen MR) is 76.3 cm³/mol. The summed E-state index contributed by atoms with van der Waals surface area (Å²) in [6.07, 6.45) is 1.70. The molecular formula is C14H13FN2O2S. The number of esters is 1. The van der Waals surface area contributed by atoms with Crippen LogP contribution >= 0.6 is 11.3 Å². The largest absolute Gasteiger partial charge is 0.456 e. The van der Waals surface area contributed by atoms with Crippen LogP contribution in [0.3, 0.4) is 0 Å². The number of carbonyl (C=O) groups is 1. The van der Waals surface area contributed by atoms with Gasteiger partial charge in [0.15, 0.2) is 10.8 Å². The number of nitrogens with one attached hydrogen (secondary N) is 1. The maximum atomic E-state index is 13.0. The molecule has 0 unspecified atom stereocenters. The van der Waals surface area contributed by atoms with Crippen LogP contribution in [0.4, 0.5) is 9.52 Å². The Hall–Kier alpha value is -2.21. The fourth-order valence-electron chi connectivity index (χ4n) is 1.46. The lowest BCUT2D eigenvalue weighted by Gasteiger charge is -2.03. The Labute approximate surface area is 119 Å². The molecular weight excluding hydrogens is 279 g/mol. The minimum absolute atomic E-state index is 0.0174. The van der Waals surface area contributed by atoms with Crippen LogP contribution in [0.15, 0.2) is 42.3 Å². The summed E-state index contributed by atoms with van der Waals surface area (Å²) in [6.45, 7) is 4.17. The second-order valence-electron chi connectivity index (χ2n) is 3.91. The molecule has 4 nitrogen and oxygen atoms in total. The van der Waals surface area contributed by atoms with Gasteiger partial charge in [-0.2, -0.15) is 0 Å². The van der Waals surface area contributed by atoms with Gasteiger partial charge in [-0.1, -0.05) is 18.2 Å². The molecule has 20 heavy (non-hydrogen) atoms. The highest BCUT2D eigenvalue weighted by atomic mass is 32.1. The molecule has 6 heteroatoms. The summed E-state index contributed by atoms with van der Waals surface area (Å²) in [7, 11) is 0. The lowest BCUT2D eigenvalue weighted by molar-refractivity contribution is 0.0466. The Balaban J connectivity index is 1.91. The number of anilines is 1. The first kappa shape index (κ1) is 14.2. The molecule has 0 radical (unpaired) electrons. The van der Waals surface area contributed by atoms with Crippen molar-refractivity contribution >= 4 is 22.4 Å². The Kier molecular flexibility index (Phi) is 4.84. The molecule has 1 aromatic heterocycles. The van der Waals surface area contributed by atoms with Gasteiger partial charge < -0.3 is 10.1 Å². The van der Waals surface area contributed by atoms with E-state index in [1.54, 1.807) is 23.6 Å². The molecule has 0 aliphatic carbocycles. The molecule has 2 rings (SSSR count). The molecule has 2 aromatic rings. The van der Waals surface area contributed by atoms with Crippen molar-refractivity contribution < 1.29 is 13.9 Å². The molecule has 1 aromatic carbocycles. The van der Waals surface area contributed by atoms with Crippen LogP contribution in [0.5, 0.6) is 0 Å². The summed E-state index contributed by atoms with van der Waals surface area (Å²) in [4.78, 5) is 15.9. The molecule has 0 spiro atoms. The Bertz CT molecular complexity index is 613. The summed E-state index contributed by atoms with van der Waals surface area (Å²) in [5.74, 6) is -0.889. The molecule has 0 saturated carbocycles. The van der Waals surface area contributed by atoms with Crippen LogP contribution in [0.1, 0.15) is 16.1 Å². The van der Waals surface area contributed by atoms with E-state index >= 15 is 0 Å². The maximum absolute atomic E-state index is 13.0. The molecule has 0 amide bonds. The van der Waals surface area contributed by atoms with E-state index in [-0.39, 0.29) is 18.1 Å². The monoisotopic (exact) mass is 292 g/mol. The zero-order chi connectivity index (χ0) is 14.4. The summed E-state index contributed by atoms with van der Waals surface area (Å²) in [6, 6.07) is 5.92. The van der Waals surface area contributed by atoms with Gasteiger partial charge in [-0.3, -0.25) is 0 Å². The van der Waals surface area contributed by atoms with Crippen LogP contribution in [0.2, 0.25) is 0 Å². The van der Waals surface area contributed by atoms with Crippen LogP contribution in [-0.4, -0.2) is 17.5 Å². The van der Waals surface area contributed by atoms with Crippen molar-refractivity contribution in [3.63, 3.8) is 0 Å². The topological polar surface area (TPSA) is 51.2 Å². The Morgan fingerprint density at radius 2 is 2.40 bits per heavy atom. The first-order valence-corrected chi connectivity index (χ1v) is 6.79. The van der Waals surface area contributed by atoms with E-state index in [2.05, 4.69) is 16.9 Å².